The van der Waals surface area contributed by atoms with Crippen LogP contribution in [-0.2, 0) is 6.42 Å². The maximum Gasteiger partial charge on any atom is 0.0375 e. The van der Waals surface area contributed by atoms with E-state index in [0.717, 1.165) is 24.0 Å². The van der Waals surface area contributed by atoms with Crippen molar-refractivity contribution in [3.05, 3.63) is 28.2 Å². The van der Waals surface area contributed by atoms with E-state index in [1.165, 1.54) is 11.3 Å². The van der Waals surface area contributed by atoms with Gasteiger partial charge in [-0.25, -0.2) is 0 Å². The molecule has 0 saturated carbocycles. The van der Waals surface area contributed by atoms with Gasteiger partial charge in [0.1, 0.15) is 0 Å². The highest BCUT2D eigenvalue weighted by Crippen LogP contribution is 2.23. The first-order valence-corrected chi connectivity index (χ1v) is 6.68. The highest BCUT2D eigenvalue weighted by molar-refractivity contribution is 9.10. The zero-order valence-electron chi connectivity index (χ0n) is 10.9. The van der Waals surface area contributed by atoms with E-state index in [1.54, 1.807) is 0 Å². The standard InChI is InChI=1S/C13H22BrN3/c1-16(2)8-9-17(3)12-5-4-11(6-7-15)13(14)10-12/h4-5,10H,6-9,15H2,1-3H3. The number of nitrogens with zero attached hydrogens (tertiary/aromatic N) is 2. The first-order chi connectivity index (χ1) is 8.04. The minimum absolute atomic E-state index is 0.689. The van der Waals surface area contributed by atoms with E-state index in [9.17, 15) is 0 Å². The van der Waals surface area contributed by atoms with Crippen molar-refractivity contribution in [3.8, 4) is 0 Å². The summed E-state index contributed by atoms with van der Waals surface area (Å²) < 4.78 is 1.15. The Balaban J connectivity index is 2.68. The maximum absolute atomic E-state index is 5.57. The van der Waals surface area contributed by atoms with Gasteiger partial charge in [-0.05, 0) is 44.8 Å². The first-order valence-electron chi connectivity index (χ1n) is 5.89. The van der Waals surface area contributed by atoms with Crippen molar-refractivity contribution in [2.24, 2.45) is 5.73 Å². The molecule has 1 aromatic rings. The van der Waals surface area contributed by atoms with E-state index in [1.807, 2.05) is 0 Å². The molecule has 0 aliphatic rings. The highest BCUT2D eigenvalue weighted by atomic mass is 79.9. The van der Waals surface area contributed by atoms with E-state index in [4.69, 9.17) is 5.73 Å². The number of hydrogen-bond acceptors (Lipinski definition) is 3. The second-order valence-corrected chi connectivity index (χ2v) is 5.39. The normalized spacial score (nSPS) is 10.9. The summed E-state index contributed by atoms with van der Waals surface area (Å²) in [6.07, 6.45) is 0.919. The Morgan fingerprint density at radius 1 is 1.18 bits per heavy atom. The first kappa shape index (κ1) is 14.5. The van der Waals surface area contributed by atoms with Gasteiger partial charge in [-0.15, -0.1) is 0 Å². The summed E-state index contributed by atoms with van der Waals surface area (Å²) in [6, 6.07) is 6.48. The molecule has 0 bridgehead atoms. The summed E-state index contributed by atoms with van der Waals surface area (Å²) in [7, 11) is 6.30. The number of benzene rings is 1. The monoisotopic (exact) mass is 299 g/mol. The smallest absolute Gasteiger partial charge is 0.0375 e. The van der Waals surface area contributed by atoms with Gasteiger partial charge in [0, 0.05) is 30.3 Å². The average Bonchev–Trinajstić information content (AvgIpc) is 2.28. The molecule has 0 atom stereocenters. The molecule has 0 aliphatic carbocycles. The van der Waals surface area contributed by atoms with Crippen molar-refractivity contribution < 1.29 is 0 Å². The van der Waals surface area contributed by atoms with Gasteiger partial charge >= 0.3 is 0 Å². The molecule has 0 aromatic heterocycles. The number of anilines is 1. The minimum atomic E-state index is 0.689. The molecular formula is C13H22BrN3. The Kier molecular flexibility index (Phi) is 5.95. The molecule has 0 fully saturated rings. The predicted molar refractivity (Wildman–Crippen MR) is 78.7 cm³/mol. The molecule has 2 N–H and O–H groups in total. The molecule has 0 aliphatic heterocycles. The van der Waals surface area contributed by atoms with Gasteiger partial charge in [-0.2, -0.15) is 0 Å². The Labute approximate surface area is 113 Å². The van der Waals surface area contributed by atoms with E-state index in [2.05, 4.69) is 65.1 Å². The molecular weight excluding hydrogens is 278 g/mol. The molecule has 0 unspecified atom stereocenters. The van der Waals surface area contributed by atoms with E-state index >= 15 is 0 Å². The zero-order chi connectivity index (χ0) is 12.8. The Hall–Kier alpha value is -0.580. The lowest BCUT2D eigenvalue weighted by molar-refractivity contribution is 0.416. The van der Waals surface area contributed by atoms with Crippen molar-refractivity contribution >= 4 is 21.6 Å². The third-order valence-electron chi connectivity index (χ3n) is 2.77. The van der Waals surface area contributed by atoms with Crippen LogP contribution in [0.4, 0.5) is 5.69 Å². The summed E-state index contributed by atoms with van der Waals surface area (Å²) in [5.41, 5.74) is 8.08. The number of halogens is 1. The Morgan fingerprint density at radius 2 is 1.88 bits per heavy atom. The van der Waals surface area contributed by atoms with Gasteiger partial charge < -0.3 is 15.5 Å². The fourth-order valence-corrected chi connectivity index (χ4v) is 2.18. The van der Waals surface area contributed by atoms with Crippen molar-refractivity contribution in [2.45, 2.75) is 6.42 Å². The number of nitrogens with two attached hydrogens (primary N) is 1. The van der Waals surface area contributed by atoms with Crippen LogP contribution in [0.1, 0.15) is 5.56 Å². The molecule has 0 amide bonds. The van der Waals surface area contributed by atoms with E-state index in [0.29, 0.717) is 6.54 Å². The van der Waals surface area contributed by atoms with Crippen LogP contribution in [0.25, 0.3) is 0 Å². The summed E-state index contributed by atoms with van der Waals surface area (Å²) in [4.78, 5) is 4.45. The second-order valence-electron chi connectivity index (χ2n) is 4.54. The van der Waals surface area contributed by atoms with Gasteiger partial charge in [0.25, 0.3) is 0 Å². The van der Waals surface area contributed by atoms with Gasteiger partial charge in [0.2, 0.25) is 0 Å². The number of likely N-dealkylation sites (N-methyl/N-ethyl adjacent to an activating group) is 2. The lowest BCUT2D eigenvalue weighted by Gasteiger charge is -2.22. The zero-order valence-corrected chi connectivity index (χ0v) is 12.5. The average molecular weight is 300 g/mol. The predicted octanol–water partition coefficient (Wildman–Crippen LogP) is 1.95. The third kappa shape index (κ3) is 4.66. The highest BCUT2D eigenvalue weighted by Gasteiger charge is 2.05. The van der Waals surface area contributed by atoms with E-state index in [-0.39, 0.29) is 0 Å². The van der Waals surface area contributed by atoms with Crippen LogP contribution >= 0.6 is 15.9 Å². The molecule has 0 saturated heterocycles. The van der Waals surface area contributed by atoms with Crippen molar-refractivity contribution in [1.29, 1.82) is 0 Å². The van der Waals surface area contributed by atoms with Crippen LogP contribution in [0.2, 0.25) is 0 Å². The van der Waals surface area contributed by atoms with Gasteiger partial charge in [0.05, 0.1) is 0 Å². The van der Waals surface area contributed by atoms with Crippen LogP contribution in [0.5, 0.6) is 0 Å². The Morgan fingerprint density at radius 3 is 2.41 bits per heavy atom. The topological polar surface area (TPSA) is 32.5 Å². The van der Waals surface area contributed by atoms with Gasteiger partial charge in [-0.1, -0.05) is 22.0 Å². The van der Waals surface area contributed by atoms with Crippen molar-refractivity contribution in [3.63, 3.8) is 0 Å². The molecule has 96 valence electrons. The third-order valence-corrected chi connectivity index (χ3v) is 3.51. The number of hydrogen-bond donors (Lipinski definition) is 1. The number of rotatable bonds is 6. The molecule has 4 heteroatoms. The van der Waals surface area contributed by atoms with Crippen LogP contribution in [-0.4, -0.2) is 45.7 Å². The van der Waals surface area contributed by atoms with Gasteiger partial charge in [0.15, 0.2) is 0 Å². The van der Waals surface area contributed by atoms with Crippen LogP contribution in [0, 0.1) is 0 Å². The van der Waals surface area contributed by atoms with Crippen molar-refractivity contribution in [1.82, 2.24) is 4.90 Å². The molecule has 3 nitrogen and oxygen atoms in total. The minimum Gasteiger partial charge on any atom is -0.373 e. The fraction of sp³-hybridized carbons (Fsp3) is 0.538. The summed E-state index contributed by atoms with van der Waals surface area (Å²) in [6.45, 7) is 2.77. The van der Waals surface area contributed by atoms with Crippen LogP contribution in [0.15, 0.2) is 22.7 Å². The van der Waals surface area contributed by atoms with E-state index < -0.39 is 0 Å². The molecule has 0 radical (unpaired) electrons. The molecule has 17 heavy (non-hydrogen) atoms. The molecule has 0 heterocycles. The summed E-state index contributed by atoms with van der Waals surface area (Å²) >= 11 is 3.60. The molecule has 1 aromatic carbocycles. The Bertz CT molecular complexity index is 353. The summed E-state index contributed by atoms with van der Waals surface area (Å²) in [5, 5.41) is 0. The SMILES string of the molecule is CN(C)CCN(C)c1ccc(CCN)c(Br)c1. The lowest BCUT2D eigenvalue weighted by atomic mass is 10.1. The van der Waals surface area contributed by atoms with Crippen LogP contribution < -0.4 is 10.6 Å². The van der Waals surface area contributed by atoms with Gasteiger partial charge in [-0.3, -0.25) is 0 Å². The maximum atomic E-state index is 5.57. The van der Waals surface area contributed by atoms with Crippen molar-refractivity contribution in [2.75, 3.05) is 45.7 Å². The second kappa shape index (κ2) is 6.99. The van der Waals surface area contributed by atoms with Crippen LogP contribution in [0.3, 0.4) is 0 Å². The largest absolute Gasteiger partial charge is 0.373 e. The fourth-order valence-electron chi connectivity index (χ4n) is 1.61. The summed E-state index contributed by atoms with van der Waals surface area (Å²) in [5.74, 6) is 0. The molecule has 0 spiro atoms. The quantitative estimate of drug-likeness (QED) is 0.871. The lowest BCUT2D eigenvalue weighted by Crippen LogP contribution is -2.28. The molecule has 1 rings (SSSR count).